The Kier molecular flexibility index (Phi) is 6.06. The van der Waals surface area contributed by atoms with Gasteiger partial charge in [0, 0.05) is 34.1 Å². The van der Waals surface area contributed by atoms with E-state index in [1.165, 1.54) is 4.90 Å². The summed E-state index contributed by atoms with van der Waals surface area (Å²) in [7, 11) is 0. The van der Waals surface area contributed by atoms with Gasteiger partial charge in [-0.05, 0) is 30.7 Å². The standard InChI is InChI=1S/C14H19BrN4S/c1-2-7-19-14(17-10-18-19)8-12(16)9-20-13-5-3-11(15)4-6-13/h3-6,10,12H,2,7-9,16H2,1H3. The van der Waals surface area contributed by atoms with E-state index in [9.17, 15) is 0 Å². The molecule has 2 N–H and O–H groups in total. The smallest absolute Gasteiger partial charge is 0.138 e. The summed E-state index contributed by atoms with van der Waals surface area (Å²) >= 11 is 5.21. The number of halogens is 1. The van der Waals surface area contributed by atoms with E-state index in [-0.39, 0.29) is 6.04 Å². The van der Waals surface area contributed by atoms with Gasteiger partial charge < -0.3 is 5.73 Å². The van der Waals surface area contributed by atoms with E-state index in [0.717, 1.165) is 35.4 Å². The van der Waals surface area contributed by atoms with Crippen LogP contribution in [0.2, 0.25) is 0 Å². The fraction of sp³-hybridized carbons (Fsp3) is 0.429. The molecule has 0 aliphatic carbocycles. The van der Waals surface area contributed by atoms with E-state index >= 15 is 0 Å². The first-order valence-electron chi connectivity index (χ1n) is 6.69. The molecule has 0 bridgehead atoms. The topological polar surface area (TPSA) is 56.7 Å². The lowest BCUT2D eigenvalue weighted by Gasteiger charge is -2.11. The van der Waals surface area contributed by atoms with E-state index < -0.39 is 0 Å². The lowest BCUT2D eigenvalue weighted by Crippen LogP contribution is -2.27. The Labute approximate surface area is 132 Å². The van der Waals surface area contributed by atoms with Crippen molar-refractivity contribution < 1.29 is 0 Å². The van der Waals surface area contributed by atoms with Crippen molar-refractivity contribution in [2.45, 2.75) is 37.2 Å². The number of aryl methyl sites for hydroxylation is 1. The van der Waals surface area contributed by atoms with Gasteiger partial charge in [-0.15, -0.1) is 11.8 Å². The molecule has 1 atom stereocenters. The molecule has 0 saturated heterocycles. The van der Waals surface area contributed by atoms with Gasteiger partial charge in [-0.3, -0.25) is 4.68 Å². The number of nitrogens with zero attached hydrogens (tertiary/aromatic N) is 3. The highest BCUT2D eigenvalue weighted by molar-refractivity contribution is 9.10. The van der Waals surface area contributed by atoms with Crippen molar-refractivity contribution in [2.24, 2.45) is 5.73 Å². The van der Waals surface area contributed by atoms with Crippen LogP contribution < -0.4 is 5.73 Å². The Balaban J connectivity index is 1.84. The number of rotatable bonds is 7. The van der Waals surface area contributed by atoms with Crippen LogP contribution in [0.4, 0.5) is 0 Å². The van der Waals surface area contributed by atoms with E-state index in [1.807, 2.05) is 16.8 Å². The molecule has 0 aliphatic rings. The monoisotopic (exact) mass is 354 g/mol. The summed E-state index contributed by atoms with van der Waals surface area (Å²) in [6, 6.07) is 8.38. The fourth-order valence-electron chi connectivity index (χ4n) is 1.87. The Morgan fingerprint density at radius 2 is 2.10 bits per heavy atom. The molecule has 0 fully saturated rings. The summed E-state index contributed by atoms with van der Waals surface area (Å²) in [5, 5.41) is 4.22. The molecule has 1 aromatic heterocycles. The van der Waals surface area contributed by atoms with Crippen molar-refractivity contribution >= 4 is 27.7 Å². The molecule has 2 rings (SSSR count). The lowest BCUT2D eigenvalue weighted by molar-refractivity contribution is 0.553. The Hall–Kier alpha value is -0.850. The van der Waals surface area contributed by atoms with Crippen LogP contribution in [0, 0.1) is 0 Å². The first-order valence-corrected chi connectivity index (χ1v) is 8.47. The van der Waals surface area contributed by atoms with Gasteiger partial charge in [-0.1, -0.05) is 22.9 Å². The highest BCUT2D eigenvalue weighted by atomic mass is 79.9. The summed E-state index contributed by atoms with van der Waals surface area (Å²) < 4.78 is 3.04. The summed E-state index contributed by atoms with van der Waals surface area (Å²) in [5.74, 6) is 1.86. The maximum Gasteiger partial charge on any atom is 0.138 e. The van der Waals surface area contributed by atoms with Gasteiger partial charge in [-0.2, -0.15) is 5.10 Å². The van der Waals surface area contributed by atoms with E-state index in [0.29, 0.717) is 0 Å². The molecule has 0 amide bonds. The summed E-state index contributed by atoms with van der Waals surface area (Å²) in [5.41, 5.74) is 6.20. The molecule has 0 radical (unpaired) electrons. The first kappa shape index (κ1) is 15.5. The number of thioether (sulfide) groups is 1. The Morgan fingerprint density at radius 3 is 2.80 bits per heavy atom. The third-order valence-corrected chi connectivity index (χ3v) is 4.58. The van der Waals surface area contributed by atoms with Crippen LogP contribution in [-0.2, 0) is 13.0 Å². The number of hydrogen-bond donors (Lipinski definition) is 1. The van der Waals surface area contributed by atoms with Gasteiger partial charge in [0.1, 0.15) is 12.2 Å². The average Bonchev–Trinajstić information content (AvgIpc) is 2.86. The summed E-state index contributed by atoms with van der Waals surface area (Å²) in [4.78, 5) is 5.53. The van der Waals surface area contributed by atoms with Crippen molar-refractivity contribution in [3.8, 4) is 0 Å². The van der Waals surface area contributed by atoms with Crippen molar-refractivity contribution in [1.29, 1.82) is 0 Å². The maximum atomic E-state index is 6.20. The molecular formula is C14H19BrN4S. The highest BCUT2D eigenvalue weighted by Gasteiger charge is 2.10. The molecule has 1 aromatic carbocycles. The van der Waals surface area contributed by atoms with Crippen LogP contribution in [-0.4, -0.2) is 26.6 Å². The van der Waals surface area contributed by atoms with Crippen molar-refractivity contribution in [3.63, 3.8) is 0 Å². The zero-order valence-corrected chi connectivity index (χ0v) is 13.9. The second-order valence-corrected chi connectivity index (χ2v) is 6.64. The van der Waals surface area contributed by atoms with Crippen molar-refractivity contribution in [3.05, 3.63) is 40.9 Å². The third-order valence-electron chi connectivity index (χ3n) is 2.85. The molecule has 1 heterocycles. The van der Waals surface area contributed by atoms with Gasteiger partial charge in [0.25, 0.3) is 0 Å². The van der Waals surface area contributed by atoms with E-state index in [4.69, 9.17) is 5.73 Å². The zero-order chi connectivity index (χ0) is 14.4. The van der Waals surface area contributed by atoms with Crippen LogP contribution in [0.25, 0.3) is 0 Å². The van der Waals surface area contributed by atoms with Gasteiger partial charge in [0.2, 0.25) is 0 Å². The summed E-state index contributed by atoms with van der Waals surface area (Å²) in [6.07, 6.45) is 3.43. The van der Waals surface area contributed by atoms with E-state index in [2.05, 4.69) is 45.1 Å². The predicted octanol–water partition coefficient (Wildman–Crippen LogP) is 3.11. The largest absolute Gasteiger partial charge is 0.327 e. The van der Waals surface area contributed by atoms with Crippen molar-refractivity contribution in [2.75, 3.05) is 5.75 Å². The number of nitrogens with two attached hydrogens (primary N) is 1. The van der Waals surface area contributed by atoms with E-state index in [1.54, 1.807) is 18.1 Å². The van der Waals surface area contributed by atoms with Crippen LogP contribution in [0.15, 0.2) is 40.0 Å². The third kappa shape index (κ3) is 4.61. The first-order chi connectivity index (χ1) is 9.69. The second kappa shape index (κ2) is 7.81. The molecule has 0 spiro atoms. The maximum absolute atomic E-state index is 6.20. The van der Waals surface area contributed by atoms with Crippen LogP contribution in [0.3, 0.4) is 0 Å². The fourth-order valence-corrected chi connectivity index (χ4v) is 2.99. The number of aromatic nitrogens is 3. The average molecular weight is 355 g/mol. The van der Waals surface area contributed by atoms with Crippen LogP contribution in [0.5, 0.6) is 0 Å². The van der Waals surface area contributed by atoms with Gasteiger partial charge in [0.15, 0.2) is 0 Å². The van der Waals surface area contributed by atoms with Gasteiger partial charge in [0.05, 0.1) is 0 Å². The lowest BCUT2D eigenvalue weighted by atomic mass is 10.2. The molecule has 2 aromatic rings. The SMILES string of the molecule is CCCn1ncnc1CC(N)CSc1ccc(Br)cc1. The molecular weight excluding hydrogens is 336 g/mol. The van der Waals surface area contributed by atoms with Crippen LogP contribution >= 0.6 is 27.7 Å². The zero-order valence-electron chi connectivity index (χ0n) is 11.5. The molecule has 6 heteroatoms. The molecule has 20 heavy (non-hydrogen) atoms. The predicted molar refractivity (Wildman–Crippen MR) is 86.9 cm³/mol. The highest BCUT2D eigenvalue weighted by Crippen LogP contribution is 2.21. The van der Waals surface area contributed by atoms with Crippen LogP contribution in [0.1, 0.15) is 19.2 Å². The van der Waals surface area contributed by atoms with Crippen molar-refractivity contribution in [1.82, 2.24) is 14.8 Å². The second-order valence-electron chi connectivity index (χ2n) is 4.63. The van der Waals surface area contributed by atoms with Gasteiger partial charge in [-0.25, -0.2) is 4.98 Å². The molecule has 4 nitrogen and oxygen atoms in total. The quantitative estimate of drug-likeness (QED) is 0.776. The molecule has 0 saturated carbocycles. The molecule has 0 aliphatic heterocycles. The Morgan fingerprint density at radius 1 is 1.35 bits per heavy atom. The minimum atomic E-state index is 0.0865. The molecule has 108 valence electrons. The molecule has 1 unspecified atom stereocenters. The minimum Gasteiger partial charge on any atom is -0.327 e. The number of benzene rings is 1. The Bertz CT molecular complexity index is 526. The summed E-state index contributed by atoms with van der Waals surface area (Å²) in [6.45, 7) is 3.04. The van der Waals surface area contributed by atoms with Gasteiger partial charge >= 0.3 is 0 Å². The minimum absolute atomic E-state index is 0.0865. The normalized spacial score (nSPS) is 12.6. The number of hydrogen-bond acceptors (Lipinski definition) is 4.